The van der Waals surface area contributed by atoms with E-state index in [0.29, 0.717) is 12.1 Å². The molecule has 3 nitrogen and oxygen atoms in total. The van der Waals surface area contributed by atoms with E-state index in [0.717, 1.165) is 42.4 Å². The summed E-state index contributed by atoms with van der Waals surface area (Å²) in [5.74, 6) is 1.08. The van der Waals surface area contributed by atoms with Crippen molar-refractivity contribution in [2.24, 2.45) is 4.99 Å². The SMILES string of the molecule is Clc1ccccc1CC1=NC2CCNCC2N1. The van der Waals surface area contributed by atoms with Crippen molar-refractivity contribution in [2.45, 2.75) is 24.9 Å². The third-order valence-corrected chi connectivity index (χ3v) is 3.80. The van der Waals surface area contributed by atoms with Gasteiger partial charge in [0, 0.05) is 18.0 Å². The van der Waals surface area contributed by atoms with Crippen LogP contribution < -0.4 is 10.6 Å². The number of nitrogens with zero attached hydrogens (tertiary/aromatic N) is 1. The summed E-state index contributed by atoms with van der Waals surface area (Å²) in [5.41, 5.74) is 1.15. The first-order valence-electron chi connectivity index (χ1n) is 6.10. The van der Waals surface area contributed by atoms with Crippen LogP contribution in [0.2, 0.25) is 5.02 Å². The van der Waals surface area contributed by atoms with E-state index in [2.05, 4.69) is 16.7 Å². The van der Waals surface area contributed by atoms with Gasteiger partial charge in [-0.1, -0.05) is 29.8 Å². The van der Waals surface area contributed by atoms with Crippen LogP contribution in [0.1, 0.15) is 12.0 Å². The van der Waals surface area contributed by atoms with Gasteiger partial charge in [0.15, 0.2) is 0 Å². The van der Waals surface area contributed by atoms with Gasteiger partial charge in [0.2, 0.25) is 0 Å². The van der Waals surface area contributed by atoms with Gasteiger partial charge in [0.05, 0.1) is 12.1 Å². The van der Waals surface area contributed by atoms with E-state index < -0.39 is 0 Å². The second kappa shape index (κ2) is 4.67. The molecule has 0 radical (unpaired) electrons. The lowest BCUT2D eigenvalue weighted by Gasteiger charge is -2.24. The minimum absolute atomic E-state index is 0.453. The number of halogens is 1. The molecule has 90 valence electrons. The zero-order valence-corrected chi connectivity index (χ0v) is 10.4. The summed E-state index contributed by atoms with van der Waals surface area (Å²) in [5, 5.41) is 7.71. The largest absolute Gasteiger partial charge is 0.367 e. The van der Waals surface area contributed by atoms with E-state index in [1.54, 1.807) is 0 Å². The highest BCUT2D eigenvalue weighted by atomic mass is 35.5. The van der Waals surface area contributed by atoms with Gasteiger partial charge in [-0.05, 0) is 24.6 Å². The van der Waals surface area contributed by atoms with E-state index in [1.165, 1.54) is 0 Å². The van der Waals surface area contributed by atoms with E-state index in [9.17, 15) is 0 Å². The normalized spacial score (nSPS) is 27.2. The van der Waals surface area contributed by atoms with E-state index in [1.807, 2.05) is 18.2 Å². The van der Waals surface area contributed by atoms with Crippen LogP contribution in [0.15, 0.2) is 29.3 Å². The van der Waals surface area contributed by atoms with Gasteiger partial charge in [-0.3, -0.25) is 4.99 Å². The molecule has 0 bridgehead atoms. The quantitative estimate of drug-likeness (QED) is 0.836. The van der Waals surface area contributed by atoms with E-state index in [-0.39, 0.29) is 0 Å². The molecule has 2 unspecified atom stereocenters. The topological polar surface area (TPSA) is 36.4 Å². The van der Waals surface area contributed by atoms with Gasteiger partial charge < -0.3 is 10.6 Å². The monoisotopic (exact) mass is 249 g/mol. The minimum Gasteiger partial charge on any atom is -0.367 e. The number of amidine groups is 1. The highest BCUT2D eigenvalue weighted by Gasteiger charge is 2.30. The number of hydrogen-bond acceptors (Lipinski definition) is 3. The maximum absolute atomic E-state index is 6.16. The highest BCUT2D eigenvalue weighted by Crippen LogP contribution is 2.19. The molecule has 2 atom stereocenters. The first kappa shape index (κ1) is 11.1. The Morgan fingerprint density at radius 3 is 3.06 bits per heavy atom. The smallest absolute Gasteiger partial charge is 0.102 e. The molecule has 2 aliphatic rings. The lowest BCUT2D eigenvalue weighted by Crippen LogP contribution is -2.48. The Kier molecular flexibility index (Phi) is 3.04. The third-order valence-electron chi connectivity index (χ3n) is 3.43. The Bertz CT molecular complexity index is 444. The summed E-state index contributed by atoms with van der Waals surface area (Å²) in [6.45, 7) is 2.09. The van der Waals surface area contributed by atoms with Crippen molar-refractivity contribution in [3.63, 3.8) is 0 Å². The highest BCUT2D eigenvalue weighted by molar-refractivity contribution is 6.31. The Morgan fingerprint density at radius 2 is 2.24 bits per heavy atom. The molecule has 2 N–H and O–H groups in total. The maximum atomic E-state index is 6.16. The van der Waals surface area contributed by atoms with Crippen molar-refractivity contribution >= 4 is 17.4 Å². The molecule has 0 aromatic heterocycles. The number of benzene rings is 1. The molecular weight excluding hydrogens is 234 g/mol. The number of piperidine rings is 1. The second-order valence-electron chi connectivity index (χ2n) is 4.65. The predicted molar refractivity (Wildman–Crippen MR) is 70.8 cm³/mol. The second-order valence-corrected chi connectivity index (χ2v) is 5.06. The molecule has 1 aromatic carbocycles. The van der Waals surface area contributed by atoms with Crippen LogP contribution in [0.4, 0.5) is 0 Å². The average Bonchev–Trinajstić information content (AvgIpc) is 2.74. The van der Waals surface area contributed by atoms with Crippen molar-refractivity contribution in [3.8, 4) is 0 Å². The number of rotatable bonds is 2. The number of nitrogens with one attached hydrogen (secondary N) is 2. The van der Waals surface area contributed by atoms with Crippen LogP contribution in [0.5, 0.6) is 0 Å². The molecule has 0 aliphatic carbocycles. The molecule has 4 heteroatoms. The standard InChI is InChI=1S/C13H16ClN3/c14-10-4-2-1-3-9(10)7-13-16-11-5-6-15-8-12(11)17-13/h1-4,11-12,15H,5-8H2,(H,16,17). The molecule has 1 aromatic rings. The summed E-state index contributed by atoms with van der Waals surface area (Å²) in [7, 11) is 0. The van der Waals surface area contributed by atoms with Gasteiger partial charge in [-0.25, -0.2) is 0 Å². The molecule has 2 aliphatic heterocycles. The average molecular weight is 250 g/mol. The van der Waals surface area contributed by atoms with Crippen LogP contribution in [0.3, 0.4) is 0 Å². The Morgan fingerprint density at radius 1 is 1.35 bits per heavy atom. The molecule has 17 heavy (non-hydrogen) atoms. The summed E-state index contributed by atoms with van der Waals surface area (Å²) >= 11 is 6.16. The first-order chi connectivity index (χ1) is 8.33. The van der Waals surface area contributed by atoms with E-state index >= 15 is 0 Å². The predicted octanol–water partition coefficient (Wildman–Crippen LogP) is 1.61. The maximum Gasteiger partial charge on any atom is 0.102 e. The summed E-state index contributed by atoms with van der Waals surface area (Å²) in [6, 6.07) is 8.90. The van der Waals surface area contributed by atoms with Gasteiger partial charge in [-0.2, -0.15) is 0 Å². The van der Waals surface area contributed by atoms with Crippen molar-refractivity contribution in [1.29, 1.82) is 0 Å². The van der Waals surface area contributed by atoms with Gasteiger partial charge >= 0.3 is 0 Å². The van der Waals surface area contributed by atoms with Crippen molar-refractivity contribution in [2.75, 3.05) is 13.1 Å². The fourth-order valence-corrected chi connectivity index (χ4v) is 2.72. The molecule has 0 spiro atoms. The fourth-order valence-electron chi connectivity index (χ4n) is 2.52. The lowest BCUT2D eigenvalue weighted by molar-refractivity contribution is 0.402. The molecule has 1 fully saturated rings. The van der Waals surface area contributed by atoms with Gasteiger partial charge in [0.25, 0.3) is 0 Å². The molecular formula is C13H16ClN3. The fraction of sp³-hybridized carbons (Fsp3) is 0.462. The Hall–Kier alpha value is -1.06. The Labute approximate surface area is 106 Å². The summed E-state index contributed by atoms with van der Waals surface area (Å²) in [4.78, 5) is 4.75. The number of fused-ring (bicyclic) bond motifs is 1. The molecule has 3 rings (SSSR count). The number of aliphatic imine (C=N–C) groups is 1. The molecule has 0 saturated carbocycles. The minimum atomic E-state index is 0.453. The van der Waals surface area contributed by atoms with E-state index in [4.69, 9.17) is 16.6 Å². The third kappa shape index (κ3) is 2.31. The molecule has 0 amide bonds. The molecule has 2 heterocycles. The molecule has 1 saturated heterocycles. The summed E-state index contributed by atoms with van der Waals surface area (Å²) < 4.78 is 0. The summed E-state index contributed by atoms with van der Waals surface area (Å²) in [6.07, 6.45) is 1.94. The van der Waals surface area contributed by atoms with Crippen LogP contribution in [0.25, 0.3) is 0 Å². The van der Waals surface area contributed by atoms with Crippen molar-refractivity contribution < 1.29 is 0 Å². The zero-order valence-electron chi connectivity index (χ0n) is 9.62. The van der Waals surface area contributed by atoms with Crippen molar-refractivity contribution in [1.82, 2.24) is 10.6 Å². The number of hydrogen-bond donors (Lipinski definition) is 2. The van der Waals surface area contributed by atoms with Crippen LogP contribution in [-0.4, -0.2) is 31.0 Å². The van der Waals surface area contributed by atoms with Crippen LogP contribution in [-0.2, 0) is 6.42 Å². The van der Waals surface area contributed by atoms with Crippen LogP contribution >= 0.6 is 11.6 Å². The Balaban J connectivity index is 1.72. The first-order valence-corrected chi connectivity index (χ1v) is 6.48. The zero-order chi connectivity index (χ0) is 11.7. The van der Waals surface area contributed by atoms with Crippen molar-refractivity contribution in [3.05, 3.63) is 34.9 Å². The lowest BCUT2D eigenvalue weighted by atomic mass is 10.0. The van der Waals surface area contributed by atoms with Gasteiger partial charge in [0.1, 0.15) is 5.84 Å². The van der Waals surface area contributed by atoms with Gasteiger partial charge in [-0.15, -0.1) is 0 Å². The van der Waals surface area contributed by atoms with Crippen LogP contribution in [0, 0.1) is 0 Å².